The topological polar surface area (TPSA) is 0 Å². The molecule has 0 spiro atoms. The average Bonchev–Trinajstić information content (AvgIpc) is 3.51. The van der Waals surface area contributed by atoms with Crippen molar-refractivity contribution in [2.24, 2.45) is 0 Å². The van der Waals surface area contributed by atoms with Gasteiger partial charge in [-0.05, 0) is 157 Å². The Hall–Kier alpha value is -7.28. The zero-order valence-electron chi connectivity index (χ0n) is 33.1. The van der Waals surface area contributed by atoms with Crippen LogP contribution in [-0.4, -0.2) is 0 Å². The van der Waals surface area contributed by atoms with E-state index in [-0.39, 0.29) is 5.41 Å². The minimum atomic E-state index is -0.201. The predicted octanol–water partition coefficient (Wildman–Crippen LogP) is 16.4. The van der Waals surface area contributed by atoms with Gasteiger partial charge in [-0.15, -0.1) is 0 Å². The van der Waals surface area contributed by atoms with Crippen molar-refractivity contribution in [3.8, 4) is 55.6 Å². The summed E-state index contributed by atoms with van der Waals surface area (Å²) < 4.78 is 0. The van der Waals surface area contributed by atoms with Crippen molar-refractivity contribution < 1.29 is 0 Å². The quantitative estimate of drug-likeness (QED) is 0.157. The minimum Gasteiger partial charge on any atom is -0.0622 e. The lowest BCUT2D eigenvalue weighted by Gasteiger charge is -2.24. The third kappa shape index (κ3) is 5.23. The van der Waals surface area contributed by atoms with Gasteiger partial charge in [-0.3, -0.25) is 0 Å². The Morgan fingerprint density at radius 1 is 0.254 bits per heavy atom. The van der Waals surface area contributed by atoms with E-state index in [2.05, 4.69) is 220 Å². The Morgan fingerprint density at radius 3 is 1.53 bits per heavy atom. The number of fused-ring (bicyclic) bond motifs is 8. The lowest BCUT2D eigenvalue weighted by atomic mass is 9.79. The normalized spacial score (nSPS) is 13.1. The maximum Gasteiger partial charge on any atom is 0.0159 e. The predicted molar refractivity (Wildman–Crippen MR) is 253 cm³/mol. The van der Waals surface area contributed by atoms with Gasteiger partial charge >= 0.3 is 0 Å². The fourth-order valence-electron chi connectivity index (χ4n) is 10.2. The van der Waals surface area contributed by atoms with E-state index < -0.39 is 0 Å². The first-order valence-electron chi connectivity index (χ1n) is 20.7. The summed E-state index contributed by atoms with van der Waals surface area (Å²) >= 11 is 0. The van der Waals surface area contributed by atoms with E-state index in [4.69, 9.17) is 0 Å². The standard InChI is InChI=1S/C59H40/c1-59(2)55-34-43(37-13-4-3-5-14-37)27-29-49(55)51-35-53-54(36-56(51)59)58(46-26-24-39-16-7-9-19-42(39)32-46)52-33-44(48-22-12-20-40-17-10-11-21-47(40)48)28-30-50(52)57(53)45-25-23-38-15-6-8-18-41(38)31-45/h3-36H,1-2H3. The van der Waals surface area contributed by atoms with Gasteiger partial charge in [-0.25, -0.2) is 0 Å². The van der Waals surface area contributed by atoms with Gasteiger partial charge in [-0.1, -0.05) is 184 Å². The second kappa shape index (κ2) is 12.9. The molecule has 0 N–H and O–H groups in total. The lowest BCUT2D eigenvalue weighted by molar-refractivity contribution is 0.661. The van der Waals surface area contributed by atoms with Crippen LogP contribution >= 0.6 is 0 Å². The molecule has 59 heavy (non-hydrogen) atoms. The number of hydrogen-bond donors (Lipinski definition) is 0. The molecule has 276 valence electrons. The molecule has 0 aromatic heterocycles. The van der Waals surface area contributed by atoms with Crippen LogP contribution in [0.15, 0.2) is 206 Å². The van der Waals surface area contributed by atoms with Gasteiger partial charge < -0.3 is 0 Å². The van der Waals surface area contributed by atoms with E-state index in [1.54, 1.807) is 0 Å². The first-order valence-corrected chi connectivity index (χ1v) is 20.7. The molecular formula is C59H40. The summed E-state index contributed by atoms with van der Waals surface area (Å²) in [5.74, 6) is 0. The molecule has 0 bridgehead atoms. The van der Waals surface area contributed by atoms with E-state index in [1.165, 1.54) is 121 Å². The molecule has 0 nitrogen and oxygen atoms in total. The van der Waals surface area contributed by atoms with Crippen molar-refractivity contribution in [1.29, 1.82) is 0 Å². The van der Waals surface area contributed by atoms with Gasteiger partial charge in [0.05, 0.1) is 0 Å². The summed E-state index contributed by atoms with van der Waals surface area (Å²) in [6.07, 6.45) is 0. The van der Waals surface area contributed by atoms with Crippen LogP contribution in [0.25, 0.3) is 109 Å². The van der Waals surface area contributed by atoms with Gasteiger partial charge in [0.2, 0.25) is 0 Å². The van der Waals surface area contributed by atoms with Gasteiger partial charge in [0.15, 0.2) is 0 Å². The molecule has 0 fully saturated rings. The van der Waals surface area contributed by atoms with E-state index in [1.807, 2.05) is 0 Å². The fourth-order valence-corrected chi connectivity index (χ4v) is 10.2. The highest BCUT2D eigenvalue weighted by atomic mass is 14.4. The van der Waals surface area contributed by atoms with Crippen LogP contribution in [0.1, 0.15) is 25.0 Å². The third-order valence-corrected chi connectivity index (χ3v) is 13.2. The summed E-state index contributed by atoms with van der Waals surface area (Å²) in [6, 6.07) is 77.2. The maximum atomic E-state index is 2.56. The Kier molecular flexibility index (Phi) is 7.38. The summed E-state index contributed by atoms with van der Waals surface area (Å²) in [6.45, 7) is 4.83. The number of benzene rings is 11. The van der Waals surface area contributed by atoms with E-state index >= 15 is 0 Å². The van der Waals surface area contributed by atoms with Crippen LogP contribution < -0.4 is 0 Å². The van der Waals surface area contributed by atoms with Gasteiger partial charge in [-0.2, -0.15) is 0 Å². The minimum absolute atomic E-state index is 0.201. The van der Waals surface area contributed by atoms with Gasteiger partial charge in [0.25, 0.3) is 0 Å². The molecule has 0 aliphatic heterocycles. The Bertz CT molecular complexity index is 3510. The molecule has 1 aliphatic carbocycles. The van der Waals surface area contributed by atoms with Gasteiger partial charge in [0, 0.05) is 5.41 Å². The molecule has 0 radical (unpaired) electrons. The van der Waals surface area contributed by atoms with Crippen molar-refractivity contribution in [3.63, 3.8) is 0 Å². The largest absolute Gasteiger partial charge is 0.0622 e. The van der Waals surface area contributed by atoms with Crippen LogP contribution in [0, 0.1) is 0 Å². The van der Waals surface area contributed by atoms with E-state index in [0.29, 0.717) is 0 Å². The molecule has 0 heteroatoms. The molecular weight excluding hydrogens is 709 g/mol. The van der Waals surface area contributed by atoms with Crippen LogP contribution in [0.5, 0.6) is 0 Å². The Labute approximate surface area is 344 Å². The summed E-state index contributed by atoms with van der Waals surface area (Å²) in [4.78, 5) is 0. The van der Waals surface area contributed by atoms with Crippen LogP contribution in [-0.2, 0) is 5.41 Å². The summed E-state index contributed by atoms with van der Waals surface area (Å²) in [5, 5.41) is 12.6. The highest BCUT2D eigenvalue weighted by Gasteiger charge is 2.37. The average molecular weight is 749 g/mol. The number of rotatable bonds is 4. The van der Waals surface area contributed by atoms with E-state index in [9.17, 15) is 0 Å². The second-order valence-corrected chi connectivity index (χ2v) is 16.9. The Balaban J connectivity index is 1.22. The van der Waals surface area contributed by atoms with Crippen molar-refractivity contribution >= 4 is 53.9 Å². The molecule has 0 saturated carbocycles. The first kappa shape index (κ1) is 33.8. The van der Waals surface area contributed by atoms with Crippen molar-refractivity contribution in [2.75, 3.05) is 0 Å². The highest BCUT2D eigenvalue weighted by Crippen LogP contribution is 2.54. The van der Waals surface area contributed by atoms with Crippen LogP contribution in [0.3, 0.4) is 0 Å². The van der Waals surface area contributed by atoms with Crippen LogP contribution in [0.4, 0.5) is 0 Å². The molecule has 12 rings (SSSR count). The third-order valence-electron chi connectivity index (χ3n) is 13.2. The lowest BCUT2D eigenvalue weighted by Crippen LogP contribution is -2.15. The molecule has 0 heterocycles. The molecule has 1 aliphatic rings. The van der Waals surface area contributed by atoms with Crippen molar-refractivity contribution in [2.45, 2.75) is 19.3 Å². The fraction of sp³-hybridized carbons (Fsp3) is 0.0508. The maximum absolute atomic E-state index is 2.56. The molecule has 0 unspecified atom stereocenters. The smallest absolute Gasteiger partial charge is 0.0159 e. The highest BCUT2D eigenvalue weighted by molar-refractivity contribution is 6.24. The zero-order chi connectivity index (χ0) is 39.2. The van der Waals surface area contributed by atoms with E-state index in [0.717, 1.165) is 0 Å². The van der Waals surface area contributed by atoms with Gasteiger partial charge in [0.1, 0.15) is 0 Å². The molecule has 0 amide bonds. The van der Waals surface area contributed by atoms with Crippen molar-refractivity contribution in [1.82, 2.24) is 0 Å². The van der Waals surface area contributed by atoms with Crippen molar-refractivity contribution in [3.05, 3.63) is 217 Å². The molecule has 11 aromatic carbocycles. The first-order chi connectivity index (χ1) is 29.0. The number of hydrogen-bond acceptors (Lipinski definition) is 0. The second-order valence-electron chi connectivity index (χ2n) is 16.9. The zero-order valence-corrected chi connectivity index (χ0v) is 33.1. The van der Waals surface area contributed by atoms with Crippen LogP contribution in [0.2, 0.25) is 0 Å². The summed E-state index contributed by atoms with van der Waals surface area (Å²) in [5.41, 5.74) is 15.2. The SMILES string of the molecule is CC1(C)c2cc(-c3ccccc3)ccc2-c2cc3c(-c4ccc5ccccc5c4)c4ccc(-c5cccc6ccccc56)cc4c(-c4ccc5ccccc5c4)c3cc21. The summed E-state index contributed by atoms with van der Waals surface area (Å²) in [7, 11) is 0. The molecule has 11 aromatic rings. The molecule has 0 saturated heterocycles. The Morgan fingerprint density at radius 2 is 0.797 bits per heavy atom. The molecule has 0 atom stereocenters. The monoisotopic (exact) mass is 748 g/mol.